The van der Waals surface area contributed by atoms with Gasteiger partial charge in [-0.3, -0.25) is 14.3 Å². The summed E-state index contributed by atoms with van der Waals surface area (Å²) in [6.45, 7) is 1.87. The van der Waals surface area contributed by atoms with Crippen LogP contribution in [0.1, 0.15) is 22.5 Å². The van der Waals surface area contributed by atoms with Gasteiger partial charge in [0.1, 0.15) is 17.6 Å². The summed E-state index contributed by atoms with van der Waals surface area (Å²) < 4.78 is 3.40. The zero-order valence-corrected chi connectivity index (χ0v) is 27.6. The molecule has 6 rings (SSSR count). The van der Waals surface area contributed by atoms with Crippen LogP contribution in [0.4, 0.5) is 11.5 Å². The van der Waals surface area contributed by atoms with Crippen LogP contribution in [-0.2, 0) is 25.3 Å². The van der Waals surface area contributed by atoms with Crippen molar-refractivity contribution in [3.8, 4) is 22.4 Å². The molecule has 0 spiro atoms. The fourth-order valence-electron chi connectivity index (χ4n) is 5.90. The highest BCUT2D eigenvalue weighted by Gasteiger charge is 2.26. The van der Waals surface area contributed by atoms with Crippen molar-refractivity contribution in [2.75, 3.05) is 37.4 Å². The number of hydrogen-bond donors (Lipinski definition) is 2. The van der Waals surface area contributed by atoms with Gasteiger partial charge >= 0.3 is 0 Å². The maximum absolute atomic E-state index is 13.8. The topological polar surface area (TPSA) is 113 Å². The number of hydrogen-bond acceptors (Lipinski definition) is 7. The summed E-state index contributed by atoms with van der Waals surface area (Å²) in [5, 5.41) is 10.5. The van der Waals surface area contributed by atoms with Crippen LogP contribution in [0, 0.1) is 0 Å². The molecule has 0 saturated carbocycles. The molecule has 1 unspecified atom stereocenters. The number of carbonyl (C=O) groups excluding carboxylic acids is 2. The molecule has 2 atom stereocenters. The Labute approximate surface area is 279 Å². The molecule has 242 valence electrons. The number of rotatable bonds is 10. The van der Waals surface area contributed by atoms with Crippen molar-refractivity contribution in [1.82, 2.24) is 34.5 Å². The average Bonchev–Trinajstić information content (AvgIpc) is 3.84. The van der Waals surface area contributed by atoms with Crippen LogP contribution in [-0.4, -0.2) is 80.3 Å². The van der Waals surface area contributed by atoms with Crippen LogP contribution in [0.2, 0.25) is 5.02 Å². The highest BCUT2D eigenvalue weighted by atomic mass is 35.5. The van der Waals surface area contributed by atoms with Crippen LogP contribution >= 0.6 is 11.6 Å². The van der Waals surface area contributed by atoms with Crippen molar-refractivity contribution in [3.63, 3.8) is 0 Å². The van der Waals surface area contributed by atoms with E-state index >= 15 is 0 Å². The van der Waals surface area contributed by atoms with Gasteiger partial charge in [-0.1, -0.05) is 29.8 Å². The fourth-order valence-corrected chi connectivity index (χ4v) is 6.09. The summed E-state index contributed by atoms with van der Waals surface area (Å²) >= 11 is 6.72. The molecule has 5 aromatic rings. The van der Waals surface area contributed by atoms with Crippen molar-refractivity contribution < 1.29 is 9.59 Å². The number of aromatic nitrogens is 5. The second kappa shape index (κ2) is 13.8. The maximum Gasteiger partial charge on any atom is 0.270 e. The van der Waals surface area contributed by atoms with E-state index in [0.717, 1.165) is 53.3 Å². The van der Waals surface area contributed by atoms with Crippen molar-refractivity contribution in [2.24, 2.45) is 14.1 Å². The molecular weight excluding hydrogens is 614 g/mol. The number of benzene rings is 2. The summed E-state index contributed by atoms with van der Waals surface area (Å²) in [6.07, 6.45) is 8.15. The Morgan fingerprint density at radius 1 is 1.00 bits per heavy atom. The Morgan fingerprint density at radius 3 is 2.45 bits per heavy atom. The number of imidazole rings is 1. The Morgan fingerprint density at radius 2 is 1.77 bits per heavy atom. The fraction of sp³-hybridized carbons (Fsp3) is 0.286. The first kappa shape index (κ1) is 32.0. The highest BCUT2D eigenvalue weighted by Crippen LogP contribution is 2.30. The molecule has 47 heavy (non-hydrogen) atoms. The highest BCUT2D eigenvalue weighted by molar-refractivity contribution is 6.31. The third-order valence-corrected chi connectivity index (χ3v) is 9.08. The smallest absolute Gasteiger partial charge is 0.270 e. The van der Waals surface area contributed by atoms with Gasteiger partial charge in [0.2, 0.25) is 5.91 Å². The van der Waals surface area contributed by atoms with Crippen molar-refractivity contribution in [2.45, 2.75) is 24.9 Å². The Kier molecular flexibility index (Phi) is 9.37. The van der Waals surface area contributed by atoms with E-state index in [4.69, 9.17) is 11.6 Å². The van der Waals surface area contributed by atoms with E-state index in [-0.39, 0.29) is 12.3 Å². The molecule has 2 aromatic carbocycles. The van der Waals surface area contributed by atoms with Crippen LogP contribution in [0.5, 0.6) is 0 Å². The summed E-state index contributed by atoms with van der Waals surface area (Å²) in [5.41, 5.74) is 5.53. The first-order valence-corrected chi connectivity index (χ1v) is 15.9. The van der Waals surface area contributed by atoms with E-state index in [2.05, 4.69) is 55.7 Å². The zero-order chi connectivity index (χ0) is 33.1. The number of halogens is 1. The lowest BCUT2D eigenvalue weighted by molar-refractivity contribution is -0.118. The molecule has 3 aromatic heterocycles. The Balaban J connectivity index is 1.24. The molecular formula is C35H38ClN9O2. The maximum atomic E-state index is 13.8. The predicted octanol–water partition coefficient (Wildman–Crippen LogP) is 4.66. The monoisotopic (exact) mass is 651 g/mol. The number of aryl methyl sites for hydroxylation is 2. The third kappa shape index (κ3) is 7.21. The lowest BCUT2D eigenvalue weighted by Crippen LogP contribution is -2.45. The molecule has 1 aliphatic rings. The molecule has 12 heteroatoms. The number of nitrogens with zero attached hydrogens (tertiary/aromatic N) is 7. The van der Waals surface area contributed by atoms with Crippen LogP contribution in [0.25, 0.3) is 22.4 Å². The van der Waals surface area contributed by atoms with Crippen LogP contribution in [0.3, 0.4) is 0 Å². The molecule has 1 saturated heterocycles. The SMILES string of the molecule is CN(C)[C@H]1CCN(c2cc(-c3ccc(Cl)c(CC(NC(=O)c4ccnn4C)C(=O)Nc4ccc(-c5cncn5C)cc4)c3)ccn2)C1. The molecule has 2 N–H and O–H groups in total. The van der Waals surface area contributed by atoms with Crippen molar-refractivity contribution in [3.05, 3.63) is 102 Å². The van der Waals surface area contributed by atoms with Gasteiger partial charge in [0.25, 0.3) is 5.91 Å². The lowest BCUT2D eigenvalue weighted by Gasteiger charge is -2.21. The predicted molar refractivity (Wildman–Crippen MR) is 184 cm³/mol. The minimum atomic E-state index is -0.928. The second-order valence-electron chi connectivity index (χ2n) is 12.1. The second-order valence-corrected chi connectivity index (χ2v) is 12.5. The van der Waals surface area contributed by atoms with Gasteiger partial charge in [0.15, 0.2) is 0 Å². The summed E-state index contributed by atoms with van der Waals surface area (Å²) in [4.78, 5) is 40.5. The molecule has 0 aliphatic carbocycles. The van der Waals surface area contributed by atoms with Gasteiger partial charge in [0, 0.05) is 62.8 Å². The van der Waals surface area contributed by atoms with Gasteiger partial charge in [-0.15, -0.1) is 0 Å². The van der Waals surface area contributed by atoms with Gasteiger partial charge < -0.3 is 25.0 Å². The number of pyridine rings is 1. The normalized spacial score (nSPS) is 15.2. The largest absolute Gasteiger partial charge is 0.355 e. The third-order valence-electron chi connectivity index (χ3n) is 8.71. The molecule has 1 aliphatic heterocycles. The first-order chi connectivity index (χ1) is 22.7. The van der Waals surface area contributed by atoms with E-state index < -0.39 is 11.9 Å². The average molecular weight is 652 g/mol. The molecule has 4 heterocycles. The van der Waals surface area contributed by atoms with E-state index in [9.17, 15) is 9.59 Å². The van der Waals surface area contributed by atoms with E-state index in [1.165, 1.54) is 4.68 Å². The van der Waals surface area contributed by atoms with E-state index in [1.807, 2.05) is 66.3 Å². The standard InChI is InChI=1S/C35H38ClN9O2/c1-42(2)28-13-16-45(21-28)33-19-25(11-14-38-33)24-7-10-29(36)26(17-24)18-30(41-35(47)31-12-15-39-44(31)4)34(46)40-27-8-5-23(6-9-27)32-20-37-22-43(32)3/h5-12,14-15,17,19-20,22,28,30H,13,16,18,21H2,1-4H3,(H,40,46)(H,41,47)/t28-,30?/m0/s1. The van der Waals surface area contributed by atoms with Crippen LogP contribution in [0.15, 0.2) is 85.6 Å². The van der Waals surface area contributed by atoms with Crippen LogP contribution < -0.4 is 15.5 Å². The summed E-state index contributed by atoms with van der Waals surface area (Å²) in [7, 11) is 7.83. The Hall–Kier alpha value is -5.00. The number of nitrogens with one attached hydrogen (secondary N) is 2. The molecule has 11 nitrogen and oxygen atoms in total. The number of carbonyl (C=O) groups is 2. The number of amides is 2. The van der Waals surface area contributed by atoms with Gasteiger partial charge in [-0.25, -0.2) is 9.97 Å². The van der Waals surface area contributed by atoms with Gasteiger partial charge in [-0.2, -0.15) is 5.10 Å². The number of anilines is 2. The quantitative estimate of drug-likeness (QED) is 0.226. The molecule has 1 fully saturated rings. The first-order valence-electron chi connectivity index (χ1n) is 15.5. The summed E-state index contributed by atoms with van der Waals surface area (Å²) in [6, 6.07) is 18.5. The van der Waals surface area contributed by atoms with E-state index in [0.29, 0.717) is 22.4 Å². The number of likely N-dealkylation sites (N-methyl/N-ethyl adjacent to an activating group) is 1. The Bertz CT molecular complexity index is 1880. The lowest BCUT2D eigenvalue weighted by atomic mass is 9.99. The summed E-state index contributed by atoms with van der Waals surface area (Å²) in [5.74, 6) is 0.147. The van der Waals surface area contributed by atoms with Gasteiger partial charge in [-0.05, 0) is 85.2 Å². The molecule has 0 bridgehead atoms. The van der Waals surface area contributed by atoms with Crippen molar-refractivity contribution >= 4 is 34.9 Å². The zero-order valence-electron chi connectivity index (χ0n) is 26.9. The molecule has 0 radical (unpaired) electrons. The molecule has 2 amide bonds. The van der Waals surface area contributed by atoms with Gasteiger partial charge in [0.05, 0.1) is 18.2 Å². The minimum absolute atomic E-state index is 0.170. The van der Waals surface area contributed by atoms with Crippen molar-refractivity contribution in [1.29, 1.82) is 0 Å². The minimum Gasteiger partial charge on any atom is -0.355 e. The van der Waals surface area contributed by atoms with E-state index in [1.54, 1.807) is 31.8 Å².